The number of ether oxygens (including phenoxy) is 1. The molecule has 1 amide bonds. The van der Waals surface area contributed by atoms with Gasteiger partial charge < -0.3 is 10.1 Å². The van der Waals surface area contributed by atoms with Gasteiger partial charge in [0.1, 0.15) is 5.75 Å². The summed E-state index contributed by atoms with van der Waals surface area (Å²) in [5.74, 6) is 0.251. The average Bonchev–Trinajstić information content (AvgIpc) is 2.80. The van der Waals surface area contributed by atoms with Crippen molar-refractivity contribution in [3.05, 3.63) is 83.9 Å². The number of fused-ring (bicyclic) bond motifs is 1. The highest BCUT2D eigenvalue weighted by Gasteiger charge is 2.29. The van der Waals surface area contributed by atoms with Gasteiger partial charge in [0.15, 0.2) is 0 Å². The molecular formula is C24H24N2O4S. The number of nitrogens with one attached hydrogen (secondary N) is 1. The van der Waals surface area contributed by atoms with Gasteiger partial charge in [0.05, 0.1) is 22.9 Å². The van der Waals surface area contributed by atoms with E-state index >= 15 is 0 Å². The first-order valence-corrected chi connectivity index (χ1v) is 11.7. The van der Waals surface area contributed by atoms with Crippen molar-refractivity contribution in [1.29, 1.82) is 0 Å². The van der Waals surface area contributed by atoms with E-state index in [9.17, 15) is 13.2 Å². The number of nitrogens with zero attached hydrogens (tertiary/aromatic N) is 1. The Morgan fingerprint density at radius 2 is 1.71 bits per heavy atom. The van der Waals surface area contributed by atoms with E-state index in [4.69, 9.17) is 4.74 Å². The van der Waals surface area contributed by atoms with Crippen LogP contribution in [0.4, 0.5) is 11.4 Å². The van der Waals surface area contributed by atoms with E-state index in [1.54, 1.807) is 12.1 Å². The fourth-order valence-corrected chi connectivity index (χ4v) is 5.24. The summed E-state index contributed by atoms with van der Waals surface area (Å²) in [7, 11) is -3.71. The number of anilines is 2. The molecule has 0 bridgehead atoms. The molecule has 1 aliphatic heterocycles. The van der Waals surface area contributed by atoms with Crippen molar-refractivity contribution in [3.63, 3.8) is 0 Å². The van der Waals surface area contributed by atoms with Gasteiger partial charge in [-0.05, 0) is 67.8 Å². The Morgan fingerprint density at radius 3 is 2.48 bits per heavy atom. The quantitative estimate of drug-likeness (QED) is 0.618. The van der Waals surface area contributed by atoms with Gasteiger partial charge in [-0.2, -0.15) is 0 Å². The molecule has 0 saturated heterocycles. The zero-order valence-electron chi connectivity index (χ0n) is 17.2. The highest BCUT2D eigenvalue weighted by Crippen LogP contribution is 2.32. The fraction of sp³-hybridized carbons (Fsp3) is 0.208. The molecule has 3 aromatic carbocycles. The van der Waals surface area contributed by atoms with Gasteiger partial charge in [-0.15, -0.1) is 0 Å². The molecule has 0 spiro atoms. The lowest BCUT2D eigenvalue weighted by molar-refractivity contribution is 0.102. The predicted octanol–water partition coefficient (Wildman–Crippen LogP) is 4.48. The molecule has 1 heterocycles. The molecular weight excluding hydrogens is 412 g/mol. The molecule has 4 rings (SSSR count). The summed E-state index contributed by atoms with van der Waals surface area (Å²) in [6.07, 6.45) is 1.64. The Morgan fingerprint density at radius 1 is 1.00 bits per heavy atom. The number of para-hydroxylation sites is 3. The molecule has 0 aromatic heterocycles. The summed E-state index contributed by atoms with van der Waals surface area (Å²) in [6, 6.07) is 20.8. The predicted molar refractivity (Wildman–Crippen MR) is 121 cm³/mol. The lowest BCUT2D eigenvalue weighted by Gasteiger charge is -2.30. The second-order valence-corrected chi connectivity index (χ2v) is 9.08. The number of carbonyl (C=O) groups excluding carboxylic acids is 1. The molecule has 1 aliphatic rings. The number of aryl methyl sites for hydroxylation is 1. The first-order valence-electron chi connectivity index (χ1n) is 10.2. The zero-order chi connectivity index (χ0) is 21.8. The number of carbonyl (C=O) groups is 1. The van der Waals surface area contributed by atoms with Crippen molar-refractivity contribution in [2.45, 2.75) is 24.7 Å². The number of hydrogen-bond donors (Lipinski definition) is 1. The Hall–Kier alpha value is -3.32. The minimum Gasteiger partial charge on any atom is -0.492 e. The highest BCUT2D eigenvalue weighted by atomic mass is 32.2. The van der Waals surface area contributed by atoms with E-state index in [1.165, 1.54) is 28.6 Å². The van der Waals surface area contributed by atoms with Gasteiger partial charge in [0, 0.05) is 12.1 Å². The minimum atomic E-state index is -3.71. The molecule has 0 fully saturated rings. The third-order valence-electron chi connectivity index (χ3n) is 5.21. The van der Waals surface area contributed by atoms with Crippen LogP contribution >= 0.6 is 0 Å². The maximum absolute atomic E-state index is 13.2. The van der Waals surface area contributed by atoms with Crippen LogP contribution in [0, 0.1) is 0 Å². The lowest BCUT2D eigenvalue weighted by Crippen LogP contribution is -2.35. The zero-order valence-corrected chi connectivity index (χ0v) is 18.1. The SMILES string of the molecule is CCOc1ccccc1NC(=O)c1ccc(S(=O)(=O)N2CCCc3ccccc32)cc1. The van der Waals surface area contributed by atoms with Gasteiger partial charge >= 0.3 is 0 Å². The van der Waals surface area contributed by atoms with Crippen molar-refractivity contribution < 1.29 is 17.9 Å². The van der Waals surface area contributed by atoms with Crippen LogP contribution in [0.25, 0.3) is 0 Å². The van der Waals surface area contributed by atoms with E-state index < -0.39 is 10.0 Å². The largest absolute Gasteiger partial charge is 0.492 e. The Balaban J connectivity index is 1.55. The molecule has 0 aliphatic carbocycles. The van der Waals surface area contributed by atoms with Crippen LogP contribution in [-0.2, 0) is 16.4 Å². The molecule has 31 heavy (non-hydrogen) atoms. The number of hydrogen-bond acceptors (Lipinski definition) is 4. The summed E-state index contributed by atoms with van der Waals surface area (Å²) in [6.45, 7) is 2.80. The molecule has 1 N–H and O–H groups in total. The smallest absolute Gasteiger partial charge is 0.264 e. The second kappa shape index (κ2) is 8.81. The van der Waals surface area contributed by atoms with E-state index in [0.29, 0.717) is 30.2 Å². The third-order valence-corrected chi connectivity index (χ3v) is 7.03. The summed E-state index contributed by atoms with van der Waals surface area (Å²) < 4.78 is 33.5. The van der Waals surface area contributed by atoms with Crippen molar-refractivity contribution in [2.75, 3.05) is 22.8 Å². The second-order valence-electron chi connectivity index (χ2n) is 7.22. The number of rotatable bonds is 6. The van der Waals surface area contributed by atoms with Crippen LogP contribution in [-0.4, -0.2) is 27.5 Å². The van der Waals surface area contributed by atoms with Gasteiger partial charge in [0.2, 0.25) is 0 Å². The van der Waals surface area contributed by atoms with Crippen molar-refractivity contribution in [2.24, 2.45) is 0 Å². The highest BCUT2D eigenvalue weighted by molar-refractivity contribution is 7.92. The lowest BCUT2D eigenvalue weighted by atomic mass is 10.0. The van der Waals surface area contributed by atoms with Crippen molar-refractivity contribution in [3.8, 4) is 5.75 Å². The van der Waals surface area contributed by atoms with E-state index in [-0.39, 0.29) is 10.8 Å². The first kappa shape index (κ1) is 20.9. The van der Waals surface area contributed by atoms with Crippen LogP contribution in [0.5, 0.6) is 5.75 Å². The minimum absolute atomic E-state index is 0.162. The molecule has 3 aromatic rings. The van der Waals surface area contributed by atoms with Gasteiger partial charge in [-0.1, -0.05) is 30.3 Å². The van der Waals surface area contributed by atoms with Crippen LogP contribution in [0.2, 0.25) is 0 Å². The molecule has 0 unspecified atom stereocenters. The van der Waals surface area contributed by atoms with Crippen LogP contribution in [0.3, 0.4) is 0 Å². The monoisotopic (exact) mass is 436 g/mol. The summed E-state index contributed by atoms with van der Waals surface area (Å²) in [5.41, 5.74) is 2.68. The molecule has 6 nitrogen and oxygen atoms in total. The Kier molecular flexibility index (Phi) is 5.95. The number of amides is 1. The van der Waals surface area contributed by atoms with Crippen LogP contribution < -0.4 is 14.4 Å². The standard InChI is InChI=1S/C24H24N2O4S/c1-2-30-23-12-6-4-10-21(23)25-24(27)19-13-15-20(16-14-19)31(28,29)26-17-7-9-18-8-3-5-11-22(18)26/h3-6,8,10-16H,2,7,9,17H2,1H3,(H,25,27). The molecule has 0 saturated carbocycles. The van der Waals surface area contributed by atoms with E-state index in [1.807, 2.05) is 43.3 Å². The Labute approximate surface area is 182 Å². The average molecular weight is 437 g/mol. The van der Waals surface area contributed by atoms with Crippen molar-refractivity contribution in [1.82, 2.24) is 0 Å². The summed E-state index contributed by atoms with van der Waals surface area (Å²) in [5, 5.41) is 2.82. The fourth-order valence-electron chi connectivity index (χ4n) is 3.70. The number of benzene rings is 3. The summed E-state index contributed by atoms with van der Waals surface area (Å²) in [4.78, 5) is 12.8. The van der Waals surface area contributed by atoms with Gasteiger partial charge in [-0.25, -0.2) is 8.42 Å². The van der Waals surface area contributed by atoms with E-state index in [2.05, 4.69) is 5.32 Å². The van der Waals surface area contributed by atoms with Crippen molar-refractivity contribution >= 4 is 27.3 Å². The normalized spacial score (nSPS) is 13.4. The molecule has 0 radical (unpaired) electrons. The summed E-state index contributed by atoms with van der Waals surface area (Å²) >= 11 is 0. The molecule has 7 heteroatoms. The van der Waals surface area contributed by atoms with E-state index in [0.717, 1.165) is 24.1 Å². The van der Waals surface area contributed by atoms with Crippen LogP contribution in [0.15, 0.2) is 77.7 Å². The maximum Gasteiger partial charge on any atom is 0.264 e. The topological polar surface area (TPSA) is 75.7 Å². The molecule has 160 valence electrons. The Bertz CT molecular complexity index is 1190. The number of sulfonamides is 1. The maximum atomic E-state index is 13.2. The molecule has 0 atom stereocenters. The van der Waals surface area contributed by atoms with Gasteiger partial charge in [0.25, 0.3) is 15.9 Å². The third kappa shape index (κ3) is 4.27. The first-order chi connectivity index (χ1) is 15.0. The van der Waals surface area contributed by atoms with Gasteiger partial charge in [-0.3, -0.25) is 9.10 Å². The van der Waals surface area contributed by atoms with Crippen LogP contribution in [0.1, 0.15) is 29.3 Å².